The fraction of sp³-hybridized carbons (Fsp3) is 0.632. The molecule has 6 nitrogen and oxygen atoms in total. The van der Waals surface area contributed by atoms with Crippen molar-refractivity contribution in [1.29, 1.82) is 0 Å². The molecule has 2 amide bonds. The number of amides is 2. The quantitative estimate of drug-likeness (QED) is 0.880. The number of rotatable bonds is 3. The molecule has 1 aromatic carbocycles. The number of aliphatic hydroxyl groups is 1. The summed E-state index contributed by atoms with van der Waals surface area (Å²) in [4.78, 5) is 16.6. The summed E-state index contributed by atoms with van der Waals surface area (Å²) >= 11 is 0. The average Bonchev–Trinajstić information content (AvgIpc) is 2.64. The number of benzene rings is 1. The summed E-state index contributed by atoms with van der Waals surface area (Å²) in [6.07, 6.45) is 3.06. The third-order valence-electron chi connectivity index (χ3n) is 5.46. The van der Waals surface area contributed by atoms with E-state index in [0.717, 1.165) is 56.8 Å². The maximum Gasteiger partial charge on any atom is 0.317 e. The Bertz CT molecular complexity index is 587. The second kappa shape index (κ2) is 7.95. The Morgan fingerprint density at radius 1 is 1.20 bits per heavy atom. The summed E-state index contributed by atoms with van der Waals surface area (Å²) in [5.74, 6) is 0.890. The lowest BCUT2D eigenvalue weighted by molar-refractivity contribution is 0.0380. The van der Waals surface area contributed by atoms with Gasteiger partial charge in [0.25, 0.3) is 0 Å². The van der Waals surface area contributed by atoms with Crippen molar-refractivity contribution in [3.63, 3.8) is 0 Å². The molecule has 0 saturated carbocycles. The zero-order valence-corrected chi connectivity index (χ0v) is 15.1. The van der Waals surface area contributed by atoms with Gasteiger partial charge in [0.2, 0.25) is 0 Å². The van der Waals surface area contributed by atoms with Crippen molar-refractivity contribution in [2.75, 3.05) is 31.6 Å². The number of carbonyl (C=O) groups excluding carboxylic acids is 1. The van der Waals surface area contributed by atoms with Gasteiger partial charge in [-0.2, -0.15) is 0 Å². The van der Waals surface area contributed by atoms with Crippen LogP contribution in [-0.2, 0) is 0 Å². The molecule has 0 aromatic heterocycles. The number of para-hydroxylation sites is 2. The molecule has 3 rings (SSSR count). The van der Waals surface area contributed by atoms with Crippen LogP contribution in [-0.4, -0.2) is 61.0 Å². The van der Waals surface area contributed by atoms with Gasteiger partial charge in [0, 0.05) is 25.7 Å². The van der Waals surface area contributed by atoms with E-state index in [9.17, 15) is 9.90 Å². The van der Waals surface area contributed by atoms with E-state index in [1.165, 1.54) is 0 Å². The smallest absolute Gasteiger partial charge is 0.317 e. The van der Waals surface area contributed by atoms with Crippen LogP contribution in [0.4, 0.5) is 10.5 Å². The molecule has 0 spiro atoms. The summed E-state index contributed by atoms with van der Waals surface area (Å²) in [5.41, 5.74) is 1.11. The highest BCUT2D eigenvalue weighted by Crippen LogP contribution is 2.30. The molecule has 2 fully saturated rings. The van der Waals surface area contributed by atoms with Crippen molar-refractivity contribution in [3.05, 3.63) is 24.3 Å². The highest BCUT2D eigenvalue weighted by molar-refractivity contribution is 5.75. The SMILES string of the molecule is COc1ccccc1N1CCC(NC(=O)N2CCCC(O)C2C)CC1. The van der Waals surface area contributed by atoms with Crippen molar-refractivity contribution in [1.82, 2.24) is 10.2 Å². The van der Waals surface area contributed by atoms with Crippen LogP contribution in [0.25, 0.3) is 0 Å². The number of hydrogen-bond acceptors (Lipinski definition) is 4. The van der Waals surface area contributed by atoms with Gasteiger partial charge in [0.15, 0.2) is 0 Å². The van der Waals surface area contributed by atoms with Gasteiger partial charge in [0.1, 0.15) is 5.75 Å². The molecule has 25 heavy (non-hydrogen) atoms. The highest BCUT2D eigenvalue weighted by Gasteiger charge is 2.31. The molecule has 2 N–H and O–H groups in total. The maximum atomic E-state index is 12.5. The molecule has 2 saturated heterocycles. The molecule has 2 aliphatic rings. The molecule has 2 heterocycles. The topological polar surface area (TPSA) is 65.0 Å². The predicted octanol–water partition coefficient (Wildman–Crippen LogP) is 2.22. The van der Waals surface area contributed by atoms with Crippen LogP contribution >= 0.6 is 0 Å². The average molecular weight is 347 g/mol. The number of methoxy groups -OCH3 is 1. The summed E-state index contributed by atoms with van der Waals surface area (Å²) in [5, 5.41) is 13.1. The first-order valence-corrected chi connectivity index (χ1v) is 9.23. The first-order chi connectivity index (χ1) is 12.1. The zero-order chi connectivity index (χ0) is 17.8. The molecule has 2 aliphatic heterocycles. The van der Waals surface area contributed by atoms with E-state index in [0.29, 0.717) is 0 Å². The van der Waals surface area contributed by atoms with Crippen molar-refractivity contribution in [3.8, 4) is 5.75 Å². The van der Waals surface area contributed by atoms with Crippen LogP contribution in [0.15, 0.2) is 24.3 Å². The number of likely N-dealkylation sites (tertiary alicyclic amines) is 1. The van der Waals surface area contributed by atoms with Crippen LogP contribution in [0.1, 0.15) is 32.6 Å². The van der Waals surface area contributed by atoms with Gasteiger partial charge >= 0.3 is 6.03 Å². The van der Waals surface area contributed by atoms with Crippen LogP contribution in [0.2, 0.25) is 0 Å². The van der Waals surface area contributed by atoms with Gasteiger partial charge in [-0.1, -0.05) is 12.1 Å². The first kappa shape index (κ1) is 17.9. The van der Waals surface area contributed by atoms with Crippen LogP contribution < -0.4 is 15.0 Å². The first-order valence-electron chi connectivity index (χ1n) is 9.23. The predicted molar refractivity (Wildman–Crippen MR) is 98.2 cm³/mol. The minimum Gasteiger partial charge on any atom is -0.495 e. The third-order valence-corrected chi connectivity index (χ3v) is 5.46. The molecular weight excluding hydrogens is 318 g/mol. The number of ether oxygens (including phenoxy) is 1. The second-order valence-electron chi connectivity index (χ2n) is 7.03. The number of nitrogens with one attached hydrogen (secondary N) is 1. The molecule has 138 valence electrons. The monoisotopic (exact) mass is 347 g/mol. The Labute approximate surface area is 149 Å². The van der Waals surface area contributed by atoms with Crippen molar-refractivity contribution < 1.29 is 14.6 Å². The number of carbonyl (C=O) groups is 1. The molecule has 0 aliphatic carbocycles. The lowest BCUT2D eigenvalue weighted by atomic mass is 10.0. The fourth-order valence-electron chi connectivity index (χ4n) is 3.82. The molecule has 2 atom stereocenters. The van der Waals surface area contributed by atoms with Gasteiger partial charge in [-0.15, -0.1) is 0 Å². The molecular formula is C19H29N3O3. The standard InChI is InChI=1S/C19H29N3O3/c1-14-17(23)7-5-11-22(14)19(24)20-15-9-12-21(13-10-15)16-6-3-4-8-18(16)25-2/h3-4,6,8,14-15,17,23H,5,7,9-13H2,1-2H3,(H,20,24). The van der Waals surface area contributed by atoms with Crippen molar-refractivity contribution >= 4 is 11.7 Å². The number of anilines is 1. The Morgan fingerprint density at radius 2 is 1.92 bits per heavy atom. The lowest BCUT2D eigenvalue weighted by Gasteiger charge is -2.39. The van der Waals surface area contributed by atoms with Crippen LogP contribution in [0.3, 0.4) is 0 Å². The minimum atomic E-state index is -0.410. The molecule has 1 aromatic rings. The zero-order valence-electron chi connectivity index (χ0n) is 15.1. The van der Waals surface area contributed by atoms with E-state index in [-0.39, 0.29) is 18.1 Å². The largest absolute Gasteiger partial charge is 0.495 e. The van der Waals surface area contributed by atoms with Gasteiger partial charge in [-0.3, -0.25) is 0 Å². The van der Waals surface area contributed by atoms with E-state index < -0.39 is 6.10 Å². The van der Waals surface area contributed by atoms with E-state index >= 15 is 0 Å². The summed E-state index contributed by atoms with van der Waals surface area (Å²) in [6, 6.07) is 8.09. The van der Waals surface area contributed by atoms with Crippen molar-refractivity contribution in [2.45, 2.75) is 50.8 Å². The van der Waals surface area contributed by atoms with E-state index in [4.69, 9.17) is 4.74 Å². The van der Waals surface area contributed by atoms with Crippen LogP contribution in [0, 0.1) is 0 Å². The van der Waals surface area contributed by atoms with Gasteiger partial charge in [-0.05, 0) is 44.7 Å². The summed E-state index contributed by atoms with van der Waals surface area (Å²) < 4.78 is 5.45. The van der Waals surface area contributed by atoms with Gasteiger partial charge < -0.3 is 25.0 Å². The second-order valence-corrected chi connectivity index (χ2v) is 7.03. The number of piperidine rings is 2. The third kappa shape index (κ3) is 4.00. The van der Waals surface area contributed by atoms with Crippen LogP contribution in [0.5, 0.6) is 5.75 Å². The number of nitrogens with zero attached hydrogens (tertiary/aromatic N) is 2. The number of hydrogen-bond donors (Lipinski definition) is 2. The van der Waals surface area contributed by atoms with E-state index in [1.54, 1.807) is 12.0 Å². The molecule has 0 bridgehead atoms. The Kier molecular flexibility index (Phi) is 5.68. The fourth-order valence-corrected chi connectivity index (χ4v) is 3.82. The molecule has 2 unspecified atom stereocenters. The van der Waals surface area contributed by atoms with Gasteiger partial charge in [-0.25, -0.2) is 4.79 Å². The highest BCUT2D eigenvalue weighted by atomic mass is 16.5. The lowest BCUT2D eigenvalue weighted by Crippen LogP contribution is -2.56. The summed E-state index contributed by atoms with van der Waals surface area (Å²) in [7, 11) is 1.69. The number of aliphatic hydroxyl groups excluding tert-OH is 1. The van der Waals surface area contributed by atoms with E-state index in [2.05, 4.69) is 16.3 Å². The Morgan fingerprint density at radius 3 is 2.64 bits per heavy atom. The summed E-state index contributed by atoms with van der Waals surface area (Å²) in [6.45, 7) is 4.44. The van der Waals surface area contributed by atoms with Gasteiger partial charge in [0.05, 0.1) is 24.9 Å². The molecule has 6 heteroatoms. The maximum absolute atomic E-state index is 12.5. The molecule has 0 radical (unpaired) electrons. The van der Waals surface area contributed by atoms with Crippen molar-refractivity contribution in [2.24, 2.45) is 0 Å². The Balaban J connectivity index is 1.53. The van der Waals surface area contributed by atoms with E-state index in [1.807, 2.05) is 25.1 Å². The Hall–Kier alpha value is -1.95. The normalized spacial score (nSPS) is 24.9. The number of urea groups is 1. The minimum absolute atomic E-state index is 0.0398.